The second kappa shape index (κ2) is 7.29. The van der Waals surface area contributed by atoms with Gasteiger partial charge in [0.2, 0.25) is 0 Å². The Morgan fingerprint density at radius 2 is 1.83 bits per heavy atom. The van der Waals surface area contributed by atoms with Crippen molar-refractivity contribution in [2.24, 2.45) is 11.1 Å². The lowest BCUT2D eigenvalue weighted by Crippen LogP contribution is -2.37. The Morgan fingerprint density at radius 1 is 1.13 bits per heavy atom. The summed E-state index contributed by atoms with van der Waals surface area (Å²) in [6, 6.07) is 17.0. The molecule has 4 nitrogen and oxygen atoms in total. The van der Waals surface area contributed by atoms with Gasteiger partial charge in [0.15, 0.2) is 0 Å². The first-order chi connectivity index (χ1) is 10.9. The molecule has 0 aliphatic rings. The Hall–Kier alpha value is -2.33. The molecule has 0 radical (unpaired) electrons. The zero-order valence-electron chi connectivity index (χ0n) is 13.8. The van der Waals surface area contributed by atoms with Crippen LogP contribution in [0.5, 0.6) is 5.75 Å². The molecule has 122 valence electrons. The second-order valence-electron chi connectivity index (χ2n) is 6.04. The van der Waals surface area contributed by atoms with Crippen molar-refractivity contribution < 1.29 is 14.3 Å². The molecule has 2 aromatic carbocycles. The zero-order chi connectivity index (χ0) is 16.9. The Kier molecular flexibility index (Phi) is 5.40. The van der Waals surface area contributed by atoms with Crippen LogP contribution in [0, 0.1) is 5.41 Å². The lowest BCUT2D eigenvalue weighted by Gasteiger charge is -2.29. The van der Waals surface area contributed by atoms with E-state index in [1.807, 2.05) is 54.6 Å². The number of methoxy groups -OCH3 is 1. The lowest BCUT2D eigenvalue weighted by molar-refractivity contribution is -0.152. The number of hydrogen-bond acceptors (Lipinski definition) is 4. The van der Waals surface area contributed by atoms with Crippen LogP contribution in [0.1, 0.15) is 31.0 Å². The van der Waals surface area contributed by atoms with E-state index in [4.69, 9.17) is 15.2 Å². The number of carbonyl (C=O) groups is 1. The average Bonchev–Trinajstić information content (AvgIpc) is 2.59. The summed E-state index contributed by atoms with van der Waals surface area (Å²) in [5, 5.41) is 0. The van der Waals surface area contributed by atoms with Crippen molar-refractivity contribution in [1.29, 1.82) is 0 Å². The number of nitrogens with two attached hydrogens (primary N) is 1. The predicted octanol–water partition coefficient (Wildman–Crippen LogP) is 3.46. The molecule has 0 aliphatic carbocycles. The molecule has 0 aromatic heterocycles. The van der Waals surface area contributed by atoms with E-state index < -0.39 is 11.5 Å². The maximum Gasteiger partial charge on any atom is 0.313 e. The van der Waals surface area contributed by atoms with E-state index in [0.717, 1.165) is 16.9 Å². The van der Waals surface area contributed by atoms with Gasteiger partial charge in [0.1, 0.15) is 12.4 Å². The Morgan fingerprint density at radius 3 is 2.48 bits per heavy atom. The summed E-state index contributed by atoms with van der Waals surface area (Å²) >= 11 is 0. The monoisotopic (exact) mass is 313 g/mol. The lowest BCUT2D eigenvalue weighted by atomic mass is 9.81. The van der Waals surface area contributed by atoms with E-state index in [1.165, 1.54) is 7.11 Å². The Balaban J connectivity index is 2.11. The molecular formula is C19H23NO3. The van der Waals surface area contributed by atoms with Gasteiger partial charge >= 0.3 is 5.97 Å². The number of benzene rings is 2. The molecule has 0 saturated carbocycles. The van der Waals surface area contributed by atoms with Crippen LogP contribution in [0.4, 0.5) is 0 Å². The van der Waals surface area contributed by atoms with Crippen molar-refractivity contribution in [3.05, 3.63) is 65.7 Å². The van der Waals surface area contributed by atoms with E-state index in [-0.39, 0.29) is 5.97 Å². The molecule has 0 unspecified atom stereocenters. The van der Waals surface area contributed by atoms with E-state index in [9.17, 15) is 4.79 Å². The van der Waals surface area contributed by atoms with Crippen LogP contribution in [0.2, 0.25) is 0 Å². The van der Waals surface area contributed by atoms with Gasteiger partial charge in [-0.1, -0.05) is 42.5 Å². The molecule has 0 amide bonds. The van der Waals surface area contributed by atoms with Crippen molar-refractivity contribution in [2.45, 2.75) is 26.5 Å². The maximum absolute atomic E-state index is 11.9. The van der Waals surface area contributed by atoms with Crippen molar-refractivity contribution >= 4 is 5.97 Å². The molecule has 0 aliphatic heterocycles. The van der Waals surface area contributed by atoms with Crippen LogP contribution in [-0.2, 0) is 16.1 Å². The van der Waals surface area contributed by atoms with Crippen molar-refractivity contribution in [3.8, 4) is 5.75 Å². The molecule has 2 aromatic rings. The third-order valence-electron chi connectivity index (χ3n) is 3.95. The summed E-state index contributed by atoms with van der Waals surface area (Å²) in [6.45, 7) is 4.04. The number of ether oxygens (including phenoxy) is 2. The van der Waals surface area contributed by atoms with E-state index in [0.29, 0.717) is 6.61 Å². The van der Waals surface area contributed by atoms with E-state index in [1.54, 1.807) is 13.8 Å². The normalized spacial score (nSPS) is 12.5. The third-order valence-corrected chi connectivity index (χ3v) is 3.95. The summed E-state index contributed by atoms with van der Waals surface area (Å²) in [7, 11) is 1.37. The van der Waals surface area contributed by atoms with Crippen LogP contribution < -0.4 is 10.5 Å². The fourth-order valence-corrected chi connectivity index (χ4v) is 2.35. The largest absolute Gasteiger partial charge is 0.489 e. The van der Waals surface area contributed by atoms with Gasteiger partial charge in [-0.15, -0.1) is 0 Å². The highest BCUT2D eigenvalue weighted by molar-refractivity contribution is 5.77. The van der Waals surface area contributed by atoms with Crippen LogP contribution in [0.15, 0.2) is 54.6 Å². The molecule has 23 heavy (non-hydrogen) atoms. The van der Waals surface area contributed by atoms with Gasteiger partial charge in [0, 0.05) is 6.04 Å². The highest BCUT2D eigenvalue weighted by atomic mass is 16.5. The van der Waals surface area contributed by atoms with Gasteiger partial charge < -0.3 is 15.2 Å². The van der Waals surface area contributed by atoms with Crippen molar-refractivity contribution in [3.63, 3.8) is 0 Å². The number of esters is 1. The molecule has 0 bridgehead atoms. The first kappa shape index (κ1) is 17.0. The summed E-state index contributed by atoms with van der Waals surface area (Å²) < 4.78 is 10.7. The van der Waals surface area contributed by atoms with Gasteiger partial charge in [-0.2, -0.15) is 0 Å². The topological polar surface area (TPSA) is 61.5 Å². The average molecular weight is 313 g/mol. The summed E-state index contributed by atoms with van der Waals surface area (Å²) in [6.07, 6.45) is 0. The molecule has 2 N–H and O–H groups in total. The van der Waals surface area contributed by atoms with Crippen molar-refractivity contribution in [2.75, 3.05) is 7.11 Å². The van der Waals surface area contributed by atoms with Gasteiger partial charge in [0.05, 0.1) is 12.5 Å². The molecule has 1 atom stereocenters. The summed E-state index contributed by atoms with van der Waals surface area (Å²) in [5.74, 6) is 0.392. The first-order valence-electron chi connectivity index (χ1n) is 7.56. The fraction of sp³-hybridized carbons (Fsp3) is 0.316. The van der Waals surface area contributed by atoms with E-state index in [2.05, 4.69) is 0 Å². The van der Waals surface area contributed by atoms with Crippen LogP contribution in [0.3, 0.4) is 0 Å². The zero-order valence-corrected chi connectivity index (χ0v) is 13.8. The Bertz CT molecular complexity index is 653. The molecule has 0 saturated heterocycles. The van der Waals surface area contributed by atoms with Crippen LogP contribution >= 0.6 is 0 Å². The molecule has 4 heteroatoms. The Labute approximate surface area is 137 Å². The quantitative estimate of drug-likeness (QED) is 0.830. The number of rotatable bonds is 6. The summed E-state index contributed by atoms with van der Waals surface area (Å²) in [5.41, 5.74) is 7.39. The van der Waals surface area contributed by atoms with Gasteiger partial charge in [0.25, 0.3) is 0 Å². The minimum Gasteiger partial charge on any atom is -0.489 e. The first-order valence-corrected chi connectivity index (χ1v) is 7.56. The molecule has 0 fully saturated rings. The van der Waals surface area contributed by atoms with Gasteiger partial charge in [-0.25, -0.2) is 0 Å². The highest BCUT2D eigenvalue weighted by Gasteiger charge is 2.36. The third kappa shape index (κ3) is 4.11. The van der Waals surface area contributed by atoms with Gasteiger partial charge in [-0.3, -0.25) is 4.79 Å². The number of carbonyl (C=O) groups excluding carboxylic acids is 1. The smallest absolute Gasteiger partial charge is 0.313 e. The van der Waals surface area contributed by atoms with Gasteiger partial charge in [-0.05, 0) is 37.1 Å². The van der Waals surface area contributed by atoms with Crippen LogP contribution in [-0.4, -0.2) is 13.1 Å². The van der Waals surface area contributed by atoms with Crippen molar-refractivity contribution in [1.82, 2.24) is 0 Å². The number of hydrogen-bond donors (Lipinski definition) is 1. The molecular weight excluding hydrogens is 290 g/mol. The SMILES string of the molecule is COC(=O)C(C)(C)[C@@H](N)c1cccc(OCc2ccccc2)c1. The highest BCUT2D eigenvalue weighted by Crippen LogP contribution is 2.33. The molecule has 0 spiro atoms. The van der Waals surface area contributed by atoms with E-state index >= 15 is 0 Å². The molecule has 0 heterocycles. The fourth-order valence-electron chi connectivity index (χ4n) is 2.35. The predicted molar refractivity (Wildman–Crippen MR) is 89.9 cm³/mol. The second-order valence-corrected chi connectivity index (χ2v) is 6.04. The minimum absolute atomic E-state index is 0.333. The molecule has 2 rings (SSSR count). The minimum atomic E-state index is -0.813. The summed E-state index contributed by atoms with van der Waals surface area (Å²) in [4.78, 5) is 11.9. The maximum atomic E-state index is 11.9. The van der Waals surface area contributed by atoms with Crippen LogP contribution in [0.25, 0.3) is 0 Å². The standard InChI is InChI=1S/C19H23NO3/c1-19(2,18(21)22-3)17(20)15-10-7-11-16(12-15)23-13-14-8-5-4-6-9-14/h4-12,17H,13,20H2,1-3H3/t17-/m0/s1.